The summed E-state index contributed by atoms with van der Waals surface area (Å²) in [6.45, 7) is 3.36. The quantitative estimate of drug-likeness (QED) is 0.853. The molecule has 0 unspecified atom stereocenters. The lowest BCUT2D eigenvalue weighted by atomic mass is 9.83. The molecular formula is C17H25N3O3. The molecule has 1 aromatic rings. The van der Waals surface area contributed by atoms with Crippen LogP contribution in [0.5, 0.6) is 0 Å². The van der Waals surface area contributed by atoms with Crippen LogP contribution in [0, 0.1) is 11.8 Å². The molecule has 6 heteroatoms. The molecule has 126 valence electrons. The Morgan fingerprint density at radius 3 is 2.48 bits per heavy atom. The molecule has 0 N–H and O–H groups in total. The summed E-state index contributed by atoms with van der Waals surface area (Å²) in [5.74, 6) is 0.680. The number of aromatic nitrogens is 1. The topological polar surface area (TPSA) is 66.7 Å². The number of nitrogens with zero attached hydrogens (tertiary/aromatic N) is 3. The van der Waals surface area contributed by atoms with Crippen LogP contribution in [0.15, 0.2) is 16.9 Å². The Kier molecular flexibility index (Phi) is 4.68. The van der Waals surface area contributed by atoms with Gasteiger partial charge in [-0.1, -0.05) is 11.6 Å². The fraction of sp³-hybridized carbons (Fsp3) is 0.706. The predicted molar refractivity (Wildman–Crippen MR) is 84.3 cm³/mol. The number of carbonyl (C=O) groups excluding carboxylic acids is 2. The zero-order valence-corrected chi connectivity index (χ0v) is 13.9. The second-order valence-electron chi connectivity index (χ2n) is 6.78. The van der Waals surface area contributed by atoms with Gasteiger partial charge >= 0.3 is 0 Å². The van der Waals surface area contributed by atoms with Gasteiger partial charge in [0.15, 0.2) is 0 Å². The van der Waals surface area contributed by atoms with Gasteiger partial charge in [0, 0.05) is 38.0 Å². The third kappa shape index (κ3) is 3.26. The first-order valence-electron chi connectivity index (χ1n) is 8.53. The largest absolute Gasteiger partial charge is 0.364 e. The Morgan fingerprint density at radius 1 is 1.26 bits per heavy atom. The highest BCUT2D eigenvalue weighted by Gasteiger charge is 2.34. The number of rotatable bonds is 4. The van der Waals surface area contributed by atoms with Gasteiger partial charge in [0.25, 0.3) is 0 Å². The summed E-state index contributed by atoms with van der Waals surface area (Å²) in [6, 6.07) is 1.69. The van der Waals surface area contributed by atoms with Gasteiger partial charge in [-0.15, -0.1) is 0 Å². The van der Waals surface area contributed by atoms with Crippen LogP contribution >= 0.6 is 0 Å². The molecule has 0 bridgehead atoms. The molecule has 2 amide bonds. The lowest BCUT2D eigenvalue weighted by molar-refractivity contribution is -0.144. The van der Waals surface area contributed by atoms with E-state index in [0.717, 1.165) is 31.4 Å². The molecular weight excluding hydrogens is 294 g/mol. The van der Waals surface area contributed by atoms with Crippen LogP contribution in [0.2, 0.25) is 0 Å². The molecule has 1 atom stereocenters. The Balaban J connectivity index is 1.52. The van der Waals surface area contributed by atoms with Crippen LogP contribution in [0.4, 0.5) is 0 Å². The average molecular weight is 319 g/mol. The van der Waals surface area contributed by atoms with Crippen LogP contribution in [-0.4, -0.2) is 46.9 Å². The molecule has 2 fully saturated rings. The van der Waals surface area contributed by atoms with Gasteiger partial charge < -0.3 is 14.3 Å². The molecule has 0 aromatic carbocycles. The van der Waals surface area contributed by atoms with Crippen LogP contribution in [0.25, 0.3) is 0 Å². The van der Waals surface area contributed by atoms with Crippen LogP contribution in [0.1, 0.15) is 50.8 Å². The number of amides is 2. The molecule has 2 aliphatic rings. The van der Waals surface area contributed by atoms with Crippen LogP contribution < -0.4 is 0 Å². The predicted octanol–water partition coefficient (Wildman–Crippen LogP) is 2.23. The molecule has 1 aliphatic heterocycles. The molecule has 1 aliphatic carbocycles. The summed E-state index contributed by atoms with van der Waals surface area (Å²) in [7, 11) is 1.81. The lowest BCUT2D eigenvalue weighted by Gasteiger charge is -2.37. The van der Waals surface area contributed by atoms with Gasteiger partial charge in [0.1, 0.15) is 12.0 Å². The molecule has 0 spiro atoms. The van der Waals surface area contributed by atoms with E-state index in [2.05, 4.69) is 5.16 Å². The van der Waals surface area contributed by atoms with Gasteiger partial charge in [0.2, 0.25) is 11.8 Å². The van der Waals surface area contributed by atoms with Gasteiger partial charge in [-0.25, -0.2) is 0 Å². The Bertz CT molecular complexity index is 545. The van der Waals surface area contributed by atoms with E-state index in [4.69, 9.17) is 4.52 Å². The number of hydrogen-bond acceptors (Lipinski definition) is 4. The third-order valence-corrected chi connectivity index (χ3v) is 5.42. The van der Waals surface area contributed by atoms with Crippen molar-refractivity contribution in [2.75, 3.05) is 20.1 Å². The van der Waals surface area contributed by atoms with Crippen molar-refractivity contribution in [2.45, 2.75) is 45.1 Å². The minimum atomic E-state index is -0.101. The highest BCUT2D eigenvalue weighted by molar-refractivity contribution is 5.81. The van der Waals surface area contributed by atoms with E-state index < -0.39 is 0 Å². The van der Waals surface area contributed by atoms with Crippen molar-refractivity contribution in [1.29, 1.82) is 0 Å². The molecule has 0 radical (unpaired) electrons. The lowest BCUT2D eigenvalue weighted by Crippen LogP contribution is -2.46. The summed E-state index contributed by atoms with van der Waals surface area (Å²) < 4.78 is 4.86. The maximum absolute atomic E-state index is 12.7. The average Bonchev–Trinajstić information content (AvgIpc) is 3.05. The van der Waals surface area contributed by atoms with E-state index in [9.17, 15) is 9.59 Å². The molecule has 2 heterocycles. The first kappa shape index (κ1) is 16.0. The Morgan fingerprint density at radius 2 is 1.96 bits per heavy atom. The van der Waals surface area contributed by atoms with E-state index in [-0.39, 0.29) is 23.8 Å². The normalized spacial score (nSPS) is 20.9. The van der Waals surface area contributed by atoms with Crippen molar-refractivity contribution < 1.29 is 14.1 Å². The van der Waals surface area contributed by atoms with E-state index in [1.807, 2.05) is 18.9 Å². The van der Waals surface area contributed by atoms with Crippen molar-refractivity contribution in [3.63, 3.8) is 0 Å². The molecule has 1 saturated heterocycles. The second kappa shape index (κ2) is 6.72. The van der Waals surface area contributed by atoms with Crippen molar-refractivity contribution in [3.05, 3.63) is 18.0 Å². The zero-order chi connectivity index (χ0) is 16.4. The summed E-state index contributed by atoms with van der Waals surface area (Å²) >= 11 is 0. The highest BCUT2D eigenvalue weighted by atomic mass is 16.5. The fourth-order valence-corrected chi connectivity index (χ4v) is 3.37. The molecule has 3 rings (SSSR count). The van der Waals surface area contributed by atoms with Crippen molar-refractivity contribution in [1.82, 2.24) is 15.0 Å². The number of piperidine rings is 1. The molecule has 6 nitrogen and oxygen atoms in total. The first-order valence-corrected chi connectivity index (χ1v) is 8.53. The summed E-state index contributed by atoms with van der Waals surface area (Å²) in [5.41, 5.74) is 0.762. The summed E-state index contributed by atoms with van der Waals surface area (Å²) in [6.07, 6.45) is 6.29. The van der Waals surface area contributed by atoms with Crippen LogP contribution in [-0.2, 0) is 9.59 Å². The molecule has 1 saturated carbocycles. The molecule has 1 aromatic heterocycles. The zero-order valence-electron chi connectivity index (χ0n) is 13.9. The maximum atomic E-state index is 12.7. The van der Waals surface area contributed by atoms with Crippen LogP contribution in [0.3, 0.4) is 0 Å². The maximum Gasteiger partial charge on any atom is 0.226 e. The number of carbonyl (C=O) groups is 2. The fourth-order valence-electron chi connectivity index (χ4n) is 3.37. The highest BCUT2D eigenvalue weighted by Crippen LogP contribution is 2.30. The summed E-state index contributed by atoms with van der Waals surface area (Å²) in [5, 5.41) is 3.91. The number of likely N-dealkylation sites (tertiary alicyclic amines) is 1. The minimum Gasteiger partial charge on any atom is -0.364 e. The van der Waals surface area contributed by atoms with E-state index in [0.29, 0.717) is 19.0 Å². The second-order valence-corrected chi connectivity index (χ2v) is 6.78. The van der Waals surface area contributed by atoms with Gasteiger partial charge in [-0.05, 0) is 32.6 Å². The van der Waals surface area contributed by atoms with Crippen molar-refractivity contribution in [2.24, 2.45) is 11.8 Å². The van der Waals surface area contributed by atoms with Gasteiger partial charge in [-0.2, -0.15) is 0 Å². The van der Waals surface area contributed by atoms with Crippen molar-refractivity contribution in [3.8, 4) is 0 Å². The van der Waals surface area contributed by atoms with Crippen molar-refractivity contribution >= 4 is 11.8 Å². The monoisotopic (exact) mass is 319 g/mol. The standard InChI is InChI=1S/C17H25N3O3/c1-12(15-8-11-23-18-15)19(2)16(21)14-6-9-20(10-7-14)17(22)13-4-3-5-13/h8,11-14H,3-7,9-10H2,1-2H3/t12-/m1/s1. The van der Waals surface area contributed by atoms with E-state index in [1.165, 1.54) is 12.7 Å². The van der Waals surface area contributed by atoms with Gasteiger partial charge in [-0.3, -0.25) is 9.59 Å². The summed E-state index contributed by atoms with van der Waals surface area (Å²) in [4.78, 5) is 28.6. The Hall–Kier alpha value is -1.85. The van der Waals surface area contributed by atoms with Gasteiger partial charge in [0.05, 0.1) is 6.04 Å². The first-order chi connectivity index (χ1) is 11.1. The van der Waals surface area contributed by atoms with E-state index >= 15 is 0 Å². The SMILES string of the molecule is C[C@H](c1ccon1)N(C)C(=O)C1CCN(C(=O)C2CCC2)CC1. The minimum absolute atomic E-state index is 0.000193. The smallest absolute Gasteiger partial charge is 0.226 e. The number of hydrogen-bond donors (Lipinski definition) is 0. The van der Waals surface area contributed by atoms with E-state index in [1.54, 1.807) is 11.0 Å². The molecule has 23 heavy (non-hydrogen) atoms. The third-order valence-electron chi connectivity index (χ3n) is 5.42. The Labute approximate surface area is 136 Å².